The SMILES string of the molecule is Cc1cc(C)c(C(=O)N2CCCN(C(=O)c3ccc(=O)[nH]n3)CC2)cc1C. The van der Waals surface area contributed by atoms with Crippen molar-refractivity contribution in [3.8, 4) is 0 Å². The van der Waals surface area contributed by atoms with Crippen LogP contribution in [-0.4, -0.2) is 58.0 Å². The van der Waals surface area contributed by atoms with E-state index in [1.165, 1.54) is 17.7 Å². The van der Waals surface area contributed by atoms with Crippen LogP contribution in [0.1, 0.15) is 44.0 Å². The van der Waals surface area contributed by atoms with Gasteiger partial charge in [-0.3, -0.25) is 14.4 Å². The maximum Gasteiger partial charge on any atom is 0.274 e. The number of aromatic nitrogens is 2. The fourth-order valence-electron chi connectivity index (χ4n) is 3.31. The molecule has 0 bridgehead atoms. The molecule has 1 saturated heterocycles. The zero-order valence-corrected chi connectivity index (χ0v) is 15.9. The van der Waals surface area contributed by atoms with Gasteiger partial charge in [0, 0.05) is 37.8 Å². The second-order valence-electron chi connectivity index (χ2n) is 7.00. The highest BCUT2D eigenvalue weighted by molar-refractivity contribution is 5.96. The Morgan fingerprint density at radius 1 is 0.889 bits per heavy atom. The van der Waals surface area contributed by atoms with Crippen LogP contribution in [0.25, 0.3) is 0 Å². The Labute approximate surface area is 158 Å². The summed E-state index contributed by atoms with van der Waals surface area (Å²) in [7, 11) is 0. The van der Waals surface area contributed by atoms with Crippen molar-refractivity contribution in [2.75, 3.05) is 26.2 Å². The first kappa shape index (κ1) is 18.8. The number of nitrogens with one attached hydrogen (secondary N) is 1. The molecule has 1 aromatic carbocycles. The lowest BCUT2D eigenvalue weighted by molar-refractivity contribution is 0.0714. The summed E-state index contributed by atoms with van der Waals surface area (Å²) >= 11 is 0. The third kappa shape index (κ3) is 4.07. The number of carbonyl (C=O) groups is 2. The van der Waals surface area contributed by atoms with Gasteiger partial charge in [-0.05, 0) is 56.0 Å². The molecule has 142 valence electrons. The van der Waals surface area contributed by atoms with E-state index >= 15 is 0 Å². The molecule has 27 heavy (non-hydrogen) atoms. The molecule has 2 aromatic rings. The lowest BCUT2D eigenvalue weighted by Gasteiger charge is -2.23. The van der Waals surface area contributed by atoms with E-state index in [9.17, 15) is 14.4 Å². The fourth-order valence-corrected chi connectivity index (χ4v) is 3.31. The summed E-state index contributed by atoms with van der Waals surface area (Å²) in [5.74, 6) is -0.227. The van der Waals surface area contributed by atoms with Gasteiger partial charge in [0.15, 0.2) is 0 Å². The van der Waals surface area contributed by atoms with E-state index in [4.69, 9.17) is 0 Å². The Morgan fingerprint density at radius 3 is 2.15 bits per heavy atom. The third-order valence-electron chi connectivity index (χ3n) is 5.04. The molecule has 0 aliphatic carbocycles. The van der Waals surface area contributed by atoms with Crippen LogP contribution >= 0.6 is 0 Å². The summed E-state index contributed by atoms with van der Waals surface area (Å²) in [6.07, 6.45) is 0.699. The van der Waals surface area contributed by atoms with Crippen molar-refractivity contribution in [3.63, 3.8) is 0 Å². The Kier molecular flexibility index (Phi) is 5.39. The highest BCUT2D eigenvalue weighted by Gasteiger charge is 2.25. The van der Waals surface area contributed by atoms with Gasteiger partial charge in [0.25, 0.3) is 17.4 Å². The van der Waals surface area contributed by atoms with Gasteiger partial charge >= 0.3 is 0 Å². The zero-order chi connectivity index (χ0) is 19.6. The summed E-state index contributed by atoms with van der Waals surface area (Å²) in [6.45, 7) is 8.07. The number of nitrogens with zero attached hydrogens (tertiary/aromatic N) is 3. The molecule has 1 aliphatic rings. The van der Waals surface area contributed by atoms with Crippen LogP contribution in [0.4, 0.5) is 0 Å². The molecule has 2 amide bonds. The van der Waals surface area contributed by atoms with Gasteiger partial charge in [0.1, 0.15) is 5.69 Å². The number of amides is 2. The number of H-pyrrole nitrogens is 1. The maximum atomic E-state index is 13.0. The van der Waals surface area contributed by atoms with Crippen LogP contribution < -0.4 is 5.56 Å². The minimum absolute atomic E-state index is 0.00654. The molecule has 0 unspecified atom stereocenters. The molecule has 3 rings (SSSR count). The first-order chi connectivity index (χ1) is 12.9. The van der Waals surface area contributed by atoms with Gasteiger partial charge in [-0.2, -0.15) is 5.10 Å². The van der Waals surface area contributed by atoms with Gasteiger partial charge in [0.05, 0.1) is 0 Å². The highest BCUT2D eigenvalue weighted by atomic mass is 16.2. The Balaban J connectivity index is 1.72. The smallest absolute Gasteiger partial charge is 0.274 e. The molecule has 7 nitrogen and oxygen atoms in total. The average molecular weight is 368 g/mol. The second-order valence-corrected chi connectivity index (χ2v) is 7.00. The summed E-state index contributed by atoms with van der Waals surface area (Å²) in [5, 5.41) is 6.09. The predicted octanol–water partition coefficient (Wildman–Crippen LogP) is 1.68. The molecular weight excluding hydrogens is 344 g/mol. The normalized spacial score (nSPS) is 14.8. The van der Waals surface area contributed by atoms with Crippen LogP contribution in [0.5, 0.6) is 0 Å². The summed E-state index contributed by atoms with van der Waals surface area (Å²) in [5.41, 5.74) is 3.82. The number of aryl methyl sites for hydroxylation is 3. The Morgan fingerprint density at radius 2 is 1.52 bits per heavy atom. The largest absolute Gasteiger partial charge is 0.337 e. The minimum atomic E-state index is -0.344. The number of benzene rings is 1. The molecule has 0 atom stereocenters. The lowest BCUT2D eigenvalue weighted by Crippen LogP contribution is -2.38. The van der Waals surface area contributed by atoms with Crippen LogP contribution in [0.3, 0.4) is 0 Å². The van der Waals surface area contributed by atoms with E-state index in [0.717, 1.165) is 16.7 Å². The molecule has 1 aromatic heterocycles. The predicted molar refractivity (Wildman–Crippen MR) is 102 cm³/mol. The van der Waals surface area contributed by atoms with E-state index < -0.39 is 0 Å². The standard InChI is InChI=1S/C20H24N4O3/c1-13-11-15(3)16(12-14(13)2)19(26)23-7-4-8-24(10-9-23)20(27)17-5-6-18(25)22-21-17/h5-6,11-12H,4,7-10H2,1-3H3,(H,22,25). The number of hydrogen-bond donors (Lipinski definition) is 1. The van der Waals surface area contributed by atoms with Crippen LogP contribution in [0, 0.1) is 20.8 Å². The third-order valence-corrected chi connectivity index (χ3v) is 5.04. The molecule has 1 fully saturated rings. The van der Waals surface area contributed by atoms with Gasteiger partial charge in [-0.25, -0.2) is 5.10 Å². The fraction of sp³-hybridized carbons (Fsp3) is 0.400. The van der Waals surface area contributed by atoms with Crippen molar-refractivity contribution >= 4 is 11.8 Å². The maximum absolute atomic E-state index is 13.0. The second kappa shape index (κ2) is 7.73. The van der Waals surface area contributed by atoms with E-state index in [0.29, 0.717) is 32.6 Å². The molecule has 2 heterocycles. The van der Waals surface area contributed by atoms with Gasteiger partial charge in [-0.1, -0.05) is 6.07 Å². The number of rotatable bonds is 2. The van der Waals surface area contributed by atoms with Crippen molar-refractivity contribution in [3.05, 3.63) is 62.6 Å². The molecule has 1 aliphatic heterocycles. The summed E-state index contributed by atoms with van der Waals surface area (Å²) < 4.78 is 0. The molecule has 0 radical (unpaired) electrons. The van der Waals surface area contributed by atoms with Crippen molar-refractivity contribution in [1.82, 2.24) is 20.0 Å². The summed E-state index contributed by atoms with van der Waals surface area (Å²) in [4.78, 5) is 40.2. The Bertz CT molecular complexity index is 915. The van der Waals surface area contributed by atoms with Crippen molar-refractivity contribution < 1.29 is 9.59 Å². The first-order valence-electron chi connectivity index (χ1n) is 9.09. The minimum Gasteiger partial charge on any atom is -0.337 e. The molecule has 0 spiro atoms. The van der Waals surface area contributed by atoms with E-state index in [-0.39, 0.29) is 23.1 Å². The van der Waals surface area contributed by atoms with Crippen LogP contribution in [0.2, 0.25) is 0 Å². The van der Waals surface area contributed by atoms with Crippen molar-refractivity contribution in [2.45, 2.75) is 27.2 Å². The van der Waals surface area contributed by atoms with Crippen molar-refractivity contribution in [1.29, 1.82) is 0 Å². The monoisotopic (exact) mass is 368 g/mol. The van der Waals surface area contributed by atoms with E-state index in [1.807, 2.05) is 37.8 Å². The zero-order valence-electron chi connectivity index (χ0n) is 15.9. The molecule has 7 heteroatoms. The average Bonchev–Trinajstić information content (AvgIpc) is 2.90. The Hall–Kier alpha value is -2.96. The first-order valence-corrected chi connectivity index (χ1v) is 9.09. The summed E-state index contributed by atoms with van der Waals surface area (Å²) in [6, 6.07) is 6.70. The van der Waals surface area contributed by atoms with Gasteiger partial charge in [-0.15, -0.1) is 0 Å². The number of hydrogen-bond acceptors (Lipinski definition) is 4. The van der Waals surface area contributed by atoms with Crippen LogP contribution in [0.15, 0.2) is 29.1 Å². The quantitative estimate of drug-likeness (QED) is 0.874. The number of carbonyl (C=O) groups excluding carboxylic acids is 2. The van der Waals surface area contributed by atoms with E-state index in [1.54, 1.807) is 4.90 Å². The van der Waals surface area contributed by atoms with Crippen LogP contribution in [-0.2, 0) is 0 Å². The van der Waals surface area contributed by atoms with E-state index in [2.05, 4.69) is 10.2 Å². The molecule has 0 saturated carbocycles. The van der Waals surface area contributed by atoms with Gasteiger partial charge in [0.2, 0.25) is 0 Å². The lowest BCUT2D eigenvalue weighted by atomic mass is 10.00. The van der Waals surface area contributed by atoms with Crippen molar-refractivity contribution in [2.24, 2.45) is 0 Å². The molecular formula is C20H24N4O3. The topological polar surface area (TPSA) is 86.4 Å². The number of aromatic amines is 1. The van der Waals surface area contributed by atoms with Gasteiger partial charge < -0.3 is 9.80 Å². The highest BCUT2D eigenvalue weighted by Crippen LogP contribution is 2.18. The molecule has 1 N–H and O–H groups in total.